The first-order chi connectivity index (χ1) is 7.27. The Morgan fingerprint density at radius 1 is 1.44 bits per heavy atom. The molecule has 5 heteroatoms. The van der Waals surface area contributed by atoms with Crippen LogP contribution in [0.4, 0.5) is 0 Å². The number of halogens is 1. The molecule has 0 bridgehead atoms. The first-order valence-corrected chi connectivity index (χ1v) is 5.83. The quantitative estimate of drug-likeness (QED) is 0.742. The second kappa shape index (κ2) is 8.79. The van der Waals surface area contributed by atoms with Gasteiger partial charge < -0.3 is 15.4 Å². The molecule has 96 valence electrons. The van der Waals surface area contributed by atoms with Crippen LogP contribution >= 0.6 is 12.4 Å². The van der Waals surface area contributed by atoms with Crippen LogP contribution in [0.1, 0.15) is 26.2 Å². The van der Waals surface area contributed by atoms with Crippen molar-refractivity contribution >= 4 is 18.3 Å². The van der Waals surface area contributed by atoms with E-state index in [-0.39, 0.29) is 18.3 Å². The Bertz CT molecular complexity index is 194. The lowest BCUT2D eigenvalue weighted by molar-refractivity contribution is -0.133. The van der Waals surface area contributed by atoms with Gasteiger partial charge in [0.05, 0.1) is 13.0 Å². The molecule has 0 spiro atoms. The lowest BCUT2D eigenvalue weighted by Crippen LogP contribution is -2.40. The van der Waals surface area contributed by atoms with E-state index >= 15 is 0 Å². The summed E-state index contributed by atoms with van der Waals surface area (Å²) in [6.07, 6.45) is 2.62. The number of hydrogen-bond donors (Lipinski definition) is 1. The van der Waals surface area contributed by atoms with Crippen LogP contribution in [0, 0.1) is 5.92 Å². The predicted octanol–water partition coefficient (Wildman–Crippen LogP) is 1.03. The van der Waals surface area contributed by atoms with Crippen molar-refractivity contribution in [2.45, 2.75) is 26.2 Å². The van der Waals surface area contributed by atoms with E-state index in [1.54, 1.807) is 0 Å². The predicted molar refractivity (Wildman–Crippen MR) is 66.7 cm³/mol. The lowest BCUT2D eigenvalue weighted by atomic mass is 9.97. The molecule has 0 aromatic carbocycles. The Morgan fingerprint density at radius 3 is 2.56 bits per heavy atom. The molecule has 4 nitrogen and oxygen atoms in total. The summed E-state index contributed by atoms with van der Waals surface area (Å²) in [7, 11) is 0. The Hall–Kier alpha value is -0.320. The average molecular weight is 251 g/mol. The molecule has 0 atom stereocenters. The first-order valence-electron chi connectivity index (χ1n) is 5.83. The number of likely N-dealkylation sites (tertiary alicyclic amines) is 1. The number of hydrogen-bond acceptors (Lipinski definition) is 3. The summed E-state index contributed by atoms with van der Waals surface area (Å²) < 4.78 is 5.17. The number of rotatable bonds is 5. The van der Waals surface area contributed by atoms with E-state index in [1.165, 1.54) is 0 Å². The van der Waals surface area contributed by atoms with Crippen LogP contribution in [0.3, 0.4) is 0 Å². The molecule has 0 saturated carbocycles. The smallest absolute Gasteiger partial charge is 0.224 e. The second-order valence-corrected chi connectivity index (χ2v) is 4.01. The SMILES string of the molecule is CCOCCC(=O)N1CCC(CN)CC1.Cl. The third-order valence-electron chi connectivity index (χ3n) is 2.96. The number of ether oxygens (including phenoxy) is 1. The molecule has 0 aromatic heterocycles. The molecule has 0 aromatic rings. The van der Waals surface area contributed by atoms with Gasteiger partial charge in [-0.05, 0) is 32.2 Å². The molecular formula is C11H23ClN2O2. The van der Waals surface area contributed by atoms with E-state index < -0.39 is 0 Å². The molecule has 1 rings (SSSR count). The monoisotopic (exact) mass is 250 g/mol. The fraction of sp³-hybridized carbons (Fsp3) is 0.909. The van der Waals surface area contributed by atoms with Crippen LogP contribution < -0.4 is 5.73 Å². The van der Waals surface area contributed by atoms with Crippen LogP contribution in [0.15, 0.2) is 0 Å². The van der Waals surface area contributed by atoms with Crippen molar-refractivity contribution < 1.29 is 9.53 Å². The largest absolute Gasteiger partial charge is 0.381 e. The van der Waals surface area contributed by atoms with Crippen molar-refractivity contribution in [2.75, 3.05) is 32.8 Å². The van der Waals surface area contributed by atoms with Crippen LogP contribution in [0.2, 0.25) is 0 Å². The van der Waals surface area contributed by atoms with Crippen molar-refractivity contribution in [3.05, 3.63) is 0 Å². The fourth-order valence-corrected chi connectivity index (χ4v) is 1.88. The van der Waals surface area contributed by atoms with Crippen molar-refractivity contribution in [3.63, 3.8) is 0 Å². The highest BCUT2D eigenvalue weighted by molar-refractivity contribution is 5.85. The van der Waals surface area contributed by atoms with Gasteiger partial charge in [0, 0.05) is 19.7 Å². The van der Waals surface area contributed by atoms with E-state index in [0.717, 1.165) is 32.5 Å². The number of nitrogens with two attached hydrogens (primary N) is 1. The average Bonchev–Trinajstić information content (AvgIpc) is 2.29. The summed E-state index contributed by atoms with van der Waals surface area (Å²) in [6.45, 7) is 5.66. The van der Waals surface area contributed by atoms with E-state index in [1.807, 2.05) is 11.8 Å². The number of carbonyl (C=O) groups is 1. The molecule has 1 aliphatic heterocycles. The van der Waals surface area contributed by atoms with Crippen molar-refractivity contribution in [2.24, 2.45) is 11.7 Å². The third kappa shape index (κ3) is 5.14. The van der Waals surface area contributed by atoms with E-state index in [9.17, 15) is 4.79 Å². The molecule has 0 unspecified atom stereocenters. The number of amides is 1. The summed E-state index contributed by atoms with van der Waals surface area (Å²) in [6, 6.07) is 0. The number of piperidine rings is 1. The third-order valence-corrected chi connectivity index (χ3v) is 2.96. The first kappa shape index (κ1) is 15.7. The molecule has 0 aliphatic carbocycles. The van der Waals surface area contributed by atoms with E-state index in [4.69, 9.17) is 10.5 Å². The Labute approximate surface area is 104 Å². The summed E-state index contributed by atoms with van der Waals surface area (Å²) in [5.41, 5.74) is 5.60. The highest BCUT2D eigenvalue weighted by Crippen LogP contribution is 2.16. The van der Waals surface area contributed by atoms with Gasteiger partial charge in [-0.15, -0.1) is 12.4 Å². The second-order valence-electron chi connectivity index (χ2n) is 4.01. The zero-order valence-corrected chi connectivity index (χ0v) is 10.8. The van der Waals surface area contributed by atoms with Gasteiger partial charge in [-0.25, -0.2) is 0 Å². The summed E-state index contributed by atoms with van der Waals surface area (Å²) in [4.78, 5) is 13.6. The maximum absolute atomic E-state index is 11.7. The van der Waals surface area contributed by atoms with Gasteiger partial charge in [-0.3, -0.25) is 4.79 Å². The van der Waals surface area contributed by atoms with E-state index in [2.05, 4.69) is 0 Å². The zero-order chi connectivity index (χ0) is 11.1. The van der Waals surface area contributed by atoms with Crippen molar-refractivity contribution in [1.29, 1.82) is 0 Å². The molecular weight excluding hydrogens is 228 g/mol. The summed E-state index contributed by atoms with van der Waals surface area (Å²) in [5.74, 6) is 0.833. The Kier molecular flexibility index (Phi) is 8.61. The van der Waals surface area contributed by atoms with Crippen LogP contribution in [0.5, 0.6) is 0 Å². The maximum atomic E-state index is 11.7. The molecule has 2 N–H and O–H groups in total. The fourth-order valence-electron chi connectivity index (χ4n) is 1.88. The minimum Gasteiger partial charge on any atom is -0.381 e. The molecule has 1 heterocycles. The minimum atomic E-state index is 0. The molecule has 1 amide bonds. The van der Waals surface area contributed by atoms with Gasteiger partial charge in [-0.1, -0.05) is 0 Å². The van der Waals surface area contributed by atoms with Crippen LogP contribution in [0.25, 0.3) is 0 Å². The number of carbonyl (C=O) groups excluding carboxylic acids is 1. The van der Waals surface area contributed by atoms with Crippen molar-refractivity contribution in [3.8, 4) is 0 Å². The maximum Gasteiger partial charge on any atom is 0.224 e. The van der Waals surface area contributed by atoms with Gasteiger partial charge >= 0.3 is 0 Å². The summed E-state index contributed by atoms with van der Waals surface area (Å²) >= 11 is 0. The van der Waals surface area contributed by atoms with Crippen LogP contribution in [-0.2, 0) is 9.53 Å². The summed E-state index contributed by atoms with van der Waals surface area (Å²) in [5, 5.41) is 0. The van der Waals surface area contributed by atoms with Gasteiger partial charge in [0.1, 0.15) is 0 Å². The molecule has 0 radical (unpaired) electrons. The highest BCUT2D eigenvalue weighted by atomic mass is 35.5. The Balaban J connectivity index is 0.00000225. The van der Waals surface area contributed by atoms with Crippen LogP contribution in [-0.4, -0.2) is 43.7 Å². The van der Waals surface area contributed by atoms with Gasteiger partial charge in [0.15, 0.2) is 0 Å². The number of nitrogens with zero attached hydrogens (tertiary/aromatic N) is 1. The van der Waals surface area contributed by atoms with Gasteiger partial charge in [-0.2, -0.15) is 0 Å². The van der Waals surface area contributed by atoms with E-state index in [0.29, 0.717) is 25.6 Å². The standard InChI is InChI=1S/C11H22N2O2.ClH/c1-2-15-8-5-11(14)13-6-3-10(9-12)4-7-13;/h10H,2-9,12H2,1H3;1H. The van der Waals surface area contributed by atoms with Gasteiger partial charge in [0.25, 0.3) is 0 Å². The van der Waals surface area contributed by atoms with Crippen molar-refractivity contribution in [1.82, 2.24) is 4.90 Å². The molecule has 1 saturated heterocycles. The van der Waals surface area contributed by atoms with Gasteiger partial charge in [0.2, 0.25) is 5.91 Å². The lowest BCUT2D eigenvalue weighted by Gasteiger charge is -2.31. The molecule has 16 heavy (non-hydrogen) atoms. The normalized spacial score (nSPS) is 17.0. The minimum absolute atomic E-state index is 0. The highest BCUT2D eigenvalue weighted by Gasteiger charge is 2.21. The molecule has 1 fully saturated rings. The topological polar surface area (TPSA) is 55.6 Å². The molecule has 1 aliphatic rings. The Morgan fingerprint density at radius 2 is 2.06 bits per heavy atom. The zero-order valence-electron chi connectivity index (χ0n) is 9.98.